The molecule has 1 aliphatic carbocycles. The Bertz CT molecular complexity index is 532. The van der Waals surface area contributed by atoms with Crippen molar-refractivity contribution in [2.45, 2.75) is 30.1 Å². The fourth-order valence-electron chi connectivity index (χ4n) is 2.62. The molecule has 1 heterocycles. The second-order valence-electron chi connectivity index (χ2n) is 4.73. The molecule has 1 unspecified atom stereocenters. The van der Waals surface area contributed by atoms with Crippen LogP contribution in [0.5, 0.6) is 0 Å². The number of hydrogen-bond donors (Lipinski definition) is 0. The Kier molecular flexibility index (Phi) is 2.41. The second-order valence-corrected chi connectivity index (χ2v) is 7.73. The lowest BCUT2D eigenvalue weighted by Gasteiger charge is -2.25. The third-order valence-electron chi connectivity index (χ3n) is 3.60. The highest BCUT2D eigenvalue weighted by Crippen LogP contribution is 2.48. The van der Waals surface area contributed by atoms with Crippen molar-refractivity contribution >= 4 is 25.8 Å². The van der Waals surface area contributed by atoms with Crippen LogP contribution < -0.4 is 0 Å². The van der Waals surface area contributed by atoms with Crippen LogP contribution in [0.15, 0.2) is 27.6 Å². The second kappa shape index (κ2) is 3.57. The molecular formula is C12H13BrO2S. The Morgan fingerprint density at radius 1 is 1.19 bits per heavy atom. The smallest absolute Gasteiger partial charge is 0.178 e. The first-order chi connectivity index (χ1) is 7.58. The fourth-order valence-corrected chi connectivity index (χ4v) is 4.80. The van der Waals surface area contributed by atoms with E-state index < -0.39 is 9.84 Å². The maximum atomic E-state index is 12.0. The predicted molar refractivity (Wildman–Crippen MR) is 66.3 cm³/mol. The lowest BCUT2D eigenvalue weighted by atomic mass is 9.91. The molecule has 0 radical (unpaired) electrons. The third-order valence-corrected chi connectivity index (χ3v) is 5.89. The molecule has 0 saturated heterocycles. The van der Waals surface area contributed by atoms with E-state index in [1.807, 2.05) is 12.1 Å². The van der Waals surface area contributed by atoms with Crippen LogP contribution in [0, 0.1) is 5.92 Å². The van der Waals surface area contributed by atoms with E-state index in [0.29, 0.717) is 16.6 Å². The van der Waals surface area contributed by atoms with Crippen molar-refractivity contribution in [1.29, 1.82) is 0 Å². The van der Waals surface area contributed by atoms with E-state index in [1.165, 1.54) is 12.8 Å². The van der Waals surface area contributed by atoms with Crippen molar-refractivity contribution in [3.8, 4) is 0 Å². The lowest BCUT2D eigenvalue weighted by Crippen LogP contribution is -2.21. The summed E-state index contributed by atoms with van der Waals surface area (Å²) < 4.78 is 24.8. The summed E-state index contributed by atoms with van der Waals surface area (Å²) in [5.74, 6) is 1.53. The van der Waals surface area contributed by atoms with E-state index in [1.54, 1.807) is 6.07 Å². The van der Waals surface area contributed by atoms with Crippen molar-refractivity contribution in [3.05, 3.63) is 28.2 Å². The molecule has 86 valence electrons. The summed E-state index contributed by atoms with van der Waals surface area (Å²) in [6, 6.07) is 5.70. The average Bonchev–Trinajstić information content (AvgIpc) is 3.03. The molecule has 1 atom stereocenters. The number of benzene rings is 1. The normalized spacial score (nSPS) is 27.4. The molecule has 2 nitrogen and oxygen atoms in total. The standard InChI is InChI=1S/C12H13BrO2S/c13-9-3-4-11-10(8-1-2-8)5-6-16(14,15)12(11)7-9/h3-4,7-8,10H,1-2,5-6H2. The first-order valence-electron chi connectivity index (χ1n) is 5.60. The first-order valence-corrected chi connectivity index (χ1v) is 8.05. The van der Waals surface area contributed by atoms with Gasteiger partial charge in [-0.05, 0) is 48.8 Å². The molecule has 1 saturated carbocycles. The Morgan fingerprint density at radius 3 is 2.62 bits per heavy atom. The summed E-state index contributed by atoms with van der Waals surface area (Å²) in [4.78, 5) is 0.560. The van der Waals surface area contributed by atoms with Gasteiger partial charge in [0.2, 0.25) is 0 Å². The van der Waals surface area contributed by atoms with E-state index in [9.17, 15) is 8.42 Å². The van der Waals surface area contributed by atoms with Crippen LogP contribution in [-0.2, 0) is 9.84 Å². The zero-order valence-electron chi connectivity index (χ0n) is 8.82. The molecule has 1 aromatic rings. The van der Waals surface area contributed by atoms with Gasteiger partial charge in [0.25, 0.3) is 0 Å². The van der Waals surface area contributed by atoms with Gasteiger partial charge in [0.15, 0.2) is 9.84 Å². The van der Waals surface area contributed by atoms with Gasteiger partial charge in [0.1, 0.15) is 0 Å². The highest BCUT2D eigenvalue weighted by Gasteiger charge is 2.39. The van der Waals surface area contributed by atoms with Gasteiger partial charge in [0, 0.05) is 4.47 Å². The molecule has 0 N–H and O–H groups in total. The predicted octanol–water partition coefficient (Wildman–Crippen LogP) is 3.12. The monoisotopic (exact) mass is 300 g/mol. The van der Waals surface area contributed by atoms with Gasteiger partial charge in [-0.3, -0.25) is 0 Å². The van der Waals surface area contributed by atoms with Gasteiger partial charge in [-0.25, -0.2) is 8.42 Å². The molecule has 0 aromatic heterocycles. The van der Waals surface area contributed by atoms with Crippen LogP contribution in [0.3, 0.4) is 0 Å². The molecule has 1 aromatic carbocycles. The number of fused-ring (bicyclic) bond motifs is 1. The summed E-state index contributed by atoms with van der Waals surface area (Å²) in [5, 5.41) is 0. The van der Waals surface area contributed by atoms with Gasteiger partial charge < -0.3 is 0 Å². The van der Waals surface area contributed by atoms with Crippen LogP contribution in [-0.4, -0.2) is 14.2 Å². The zero-order valence-corrected chi connectivity index (χ0v) is 11.2. The van der Waals surface area contributed by atoms with Gasteiger partial charge in [-0.1, -0.05) is 22.0 Å². The van der Waals surface area contributed by atoms with Gasteiger partial charge >= 0.3 is 0 Å². The summed E-state index contributed by atoms with van der Waals surface area (Å²) >= 11 is 3.35. The Hall–Kier alpha value is -0.350. The maximum absolute atomic E-state index is 12.0. The van der Waals surface area contributed by atoms with Crippen molar-refractivity contribution in [2.24, 2.45) is 5.92 Å². The lowest BCUT2D eigenvalue weighted by molar-refractivity contribution is 0.534. The van der Waals surface area contributed by atoms with E-state index in [0.717, 1.165) is 22.4 Å². The van der Waals surface area contributed by atoms with Crippen LogP contribution in [0.4, 0.5) is 0 Å². The minimum Gasteiger partial charge on any atom is -0.224 e. The third kappa shape index (κ3) is 1.72. The maximum Gasteiger partial charge on any atom is 0.178 e. The molecule has 0 bridgehead atoms. The van der Waals surface area contributed by atoms with Crippen molar-refractivity contribution in [2.75, 3.05) is 5.75 Å². The molecule has 0 spiro atoms. The summed E-state index contributed by atoms with van der Waals surface area (Å²) in [7, 11) is -3.03. The number of halogens is 1. The number of hydrogen-bond acceptors (Lipinski definition) is 2. The van der Waals surface area contributed by atoms with E-state index in [2.05, 4.69) is 15.9 Å². The van der Waals surface area contributed by atoms with Crippen molar-refractivity contribution in [1.82, 2.24) is 0 Å². The van der Waals surface area contributed by atoms with Crippen molar-refractivity contribution in [3.63, 3.8) is 0 Å². The largest absolute Gasteiger partial charge is 0.224 e. The minimum absolute atomic E-state index is 0.317. The molecule has 0 amide bonds. The van der Waals surface area contributed by atoms with Crippen molar-refractivity contribution < 1.29 is 8.42 Å². The van der Waals surface area contributed by atoms with Crippen LogP contribution >= 0.6 is 15.9 Å². The summed E-state index contributed by atoms with van der Waals surface area (Å²) in [5.41, 5.74) is 1.05. The van der Waals surface area contributed by atoms with Crippen LogP contribution in [0.1, 0.15) is 30.7 Å². The number of sulfone groups is 1. The van der Waals surface area contributed by atoms with Crippen LogP contribution in [0.25, 0.3) is 0 Å². The molecule has 4 heteroatoms. The number of rotatable bonds is 1. The first kappa shape index (κ1) is 10.8. The highest BCUT2D eigenvalue weighted by molar-refractivity contribution is 9.10. The van der Waals surface area contributed by atoms with Gasteiger partial charge in [-0.15, -0.1) is 0 Å². The molecular weight excluding hydrogens is 288 g/mol. The zero-order chi connectivity index (χ0) is 11.3. The van der Waals surface area contributed by atoms with Gasteiger partial charge in [0.05, 0.1) is 10.6 Å². The Labute approximate surface area is 104 Å². The van der Waals surface area contributed by atoms with Gasteiger partial charge in [-0.2, -0.15) is 0 Å². The van der Waals surface area contributed by atoms with Crippen LogP contribution in [0.2, 0.25) is 0 Å². The molecule has 1 aliphatic heterocycles. The summed E-state index contributed by atoms with van der Waals surface area (Å²) in [6.07, 6.45) is 3.34. The Morgan fingerprint density at radius 2 is 1.94 bits per heavy atom. The van der Waals surface area contributed by atoms with E-state index >= 15 is 0 Å². The molecule has 3 rings (SSSR count). The topological polar surface area (TPSA) is 34.1 Å². The van der Waals surface area contributed by atoms with E-state index in [-0.39, 0.29) is 0 Å². The average molecular weight is 301 g/mol. The fraction of sp³-hybridized carbons (Fsp3) is 0.500. The summed E-state index contributed by atoms with van der Waals surface area (Å²) in [6.45, 7) is 0. The SMILES string of the molecule is O=S1(=O)CCC(C2CC2)c2ccc(Br)cc21. The minimum atomic E-state index is -3.03. The molecule has 16 heavy (non-hydrogen) atoms. The molecule has 2 aliphatic rings. The quantitative estimate of drug-likeness (QED) is 0.798. The highest BCUT2D eigenvalue weighted by atomic mass is 79.9. The Balaban J connectivity index is 2.17. The molecule has 1 fully saturated rings. The van der Waals surface area contributed by atoms with E-state index in [4.69, 9.17) is 0 Å².